The Morgan fingerprint density at radius 2 is 1.96 bits per heavy atom. The number of guanidine groups is 1. The Bertz CT molecular complexity index is 679. The SMILES string of the molecule is CCNC(=NCc1ncccc1C)NCCCSc1ccc(F)cc1.I. The third-order valence-corrected chi connectivity index (χ3v) is 4.64. The first-order chi connectivity index (χ1) is 12.2. The zero-order chi connectivity index (χ0) is 17.9. The predicted octanol–water partition coefficient (Wildman–Crippen LogP) is 4.38. The minimum absolute atomic E-state index is 0. The molecule has 26 heavy (non-hydrogen) atoms. The van der Waals surface area contributed by atoms with Crippen LogP contribution >= 0.6 is 35.7 Å². The Kier molecular flexibility index (Phi) is 11.3. The third-order valence-electron chi connectivity index (χ3n) is 3.54. The molecule has 0 aliphatic heterocycles. The highest BCUT2D eigenvalue weighted by atomic mass is 127. The molecule has 7 heteroatoms. The van der Waals surface area contributed by atoms with E-state index in [-0.39, 0.29) is 29.8 Å². The third kappa shape index (κ3) is 8.35. The molecule has 1 aromatic carbocycles. The maximum Gasteiger partial charge on any atom is 0.191 e. The molecule has 0 aliphatic carbocycles. The Balaban J connectivity index is 0.00000338. The van der Waals surface area contributed by atoms with Crippen molar-refractivity contribution in [2.75, 3.05) is 18.8 Å². The van der Waals surface area contributed by atoms with Crippen LogP contribution in [0.2, 0.25) is 0 Å². The van der Waals surface area contributed by atoms with Crippen LogP contribution < -0.4 is 10.6 Å². The van der Waals surface area contributed by atoms with E-state index in [0.717, 1.165) is 47.4 Å². The maximum atomic E-state index is 12.9. The van der Waals surface area contributed by atoms with Crippen LogP contribution in [-0.4, -0.2) is 29.8 Å². The number of nitrogens with zero attached hydrogens (tertiary/aromatic N) is 2. The van der Waals surface area contributed by atoms with Gasteiger partial charge in [0.05, 0.1) is 12.2 Å². The lowest BCUT2D eigenvalue weighted by molar-refractivity contribution is 0.626. The van der Waals surface area contributed by atoms with Crippen molar-refractivity contribution in [2.24, 2.45) is 4.99 Å². The van der Waals surface area contributed by atoms with E-state index in [1.807, 2.05) is 38.1 Å². The molecule has 0 bridgehead atoms. The van der Waals surface area contributed by atoms with Gasteiger partial charge in [-0.25, -0.2) is 9.38 Å². The molecule has 0 unspecified atom stereocenters. The van der Waals surface area contributed by atoms with Crippen molar-refractivity contribution in [3.05, 3.63) is 59.7 Å². The van der Waals surface area contributed by atoms with Crippen LogP contribution in [0.25, 0.3) is 0 Å². The summed E-state index contributed by atoms with van der Waals surface area (Å²) in [5.74, 6) is 1.58. The van der Waals surface area contributed by atoms with Gasteiger partial charge in [0.25, 0.3) is 0 Å². The van der Waals surface area contributed by atoms with Gasteiger partial charge in [-0.15, -0.1) is 35.7 Å². The van der Waals surface area contributed by atoms with Crippen molar-refractivity contribution in [1.29, 1.82) is 0 Å². The fourth-order valence-corrected chi connectivity index (χ4v) is 3.03. The smallest absolute Gasteiger partial charge is 0.191 e. The summed E-state index contributed by atoms with van der Waals surface area (Å²) >= 11 is 1.73. The first-order valence-corrected chi connectivity index (χ1v) is 9.48. The van der Waals surface area contributed by atoms with Crippen molar-refractivity contribution in [2.45, 2.75) is 31.7 Å². The van der Waals surface area contributed by atoms with Gasteiger partial charge in [0, 0.05) is 24.2 Å². The number of aliphatic imine (C=N–C) groups is 1. The fraction of sp³-hybridized carbons (Fsp3) is 0.368. The van der Waals surface area contributed by atoms with Crippen molar-refractivity contribution in [1.82, 2.24) is 15.6 Å². The maximum absolute atomic E-state index is 12.9. The van der Waals surface area contributed by atoms with E-state index in [4.69, 9.17) is 0 Å². The zero-order valence-electron chi connectivity index (χ0n) is 15.2. The lowest BCUT2D eigenvalue weighted by Crippen LogP contribution is -2.37. The van der Waals surface area contributed by atoms with Gasteiger partial charge in [-0.3, -0.25) is 4.98 Å². The Morgan fingerprint density at radius 1 is 1.19 bits per heavy atom. The fourth-order valence-electron chi connectivity index (χ4n) is 2.18. The number of benzene rings is 1. The van der Waals surface area contributed by atoms with E-state index in [2.05, 4.69) is 20.6 Å². The van der Waals surface area contributed by atoms with Crippen LogP contribution in [0.15, 0.2) is 52.5 Å². The molecule has 0 saturated carbocycles. The molecule has 0 spiro atoms. The number of halogens is 2. The lowest BCUT2D eigenvalue weighted by Gasteiger charge is -2.11. The highest BCUT2D eigenvalue weighted by Crippen LogP contribution is 2.18. The van der Waals surface area contributed by atoms with Crippen LogP contribution in [-0.2, 0) is 6.54 Å². The molecule has 0 aliphatic rings. The summed E-state index contributed by atoms with van der Waals surface area (Å²) in [6.45, 7) is 6.31. The van der Waals surface area contributed by atoms with Crippen LogP contribution in [0.4, 0.5) is 4.39 Å². The topological polar surface area (TPSA) is 49.3 Å². The van der Waals surface area contributed by atoms with Crippen LogP contribution in [0, 0.1) is 12.7 Å². The molecule has 1 heterocycles. The quantitative estimate of drug-likeness (QED) is 0.190. The Hall–Kier alpha value is -1.35. The van der Waals surface area contributed by atoms with Gasteiger partial charge in [-0.2, -0.15) is 0 Å². The number of rotatable bonds is 8. The minimum atomic E-state index is -0.194. The molecular weight excluding hydrogens is 462 g/mol. The molecule has 2 aromatic rings. The molecule has 0 atom stereocenters. The summed E-state index contributed by atoms with van der Waals surface area (Å²) in [4.78, 5) is 10.1. The standard InChI is InChI=1S/C19H25FN4S.HI/c1-3-21-19(24-14-18-15(2)6-4-11-22-18)23-12-5-13-25-17-9-7-16(20)8-10-17;/h4,6-11H,3,5,12-14H2,1-2H3,(H2,21,23,24);1H. The number of thioether (sulfide) groups is 1. The van der Waals surface area contributed by atoms with Crippen LogP contribution in [0.5, 0.6) is 0 Å². The second-order valence-electron chi connectivity index (χ2n) is 5.54. The molecule has 2 rings (SSSR count). The first-order valence-electron chi connectivity index (χ1n) is 8.50. The largest absolute Gasteiger partial charge is 0.357 e. The summed E-state index contributed by atoms with van der Waals surface area (Å²) < 4.78 is 12.9. The van der Waals surface area contributed by atoms with E-state index < -0.39 is 0 Å². The summed E-state index contributed by atoms with van der Waals surface area (Å²) in [7, 11) is 0. The number of hydrogen-bond donors (Lipinski definition) is 2. The molecule has 142 valence electrons. The van der Waals surface area contributed by atoms with Crippen LogP contribution in [0.3, 0.4) is 0 Å². The molecular formula is C19H26FIN4S. The van der Waals surface area contributed by atoms with E-state index in [1.165, 1.54) is 12.1 Å². The predicted molar refractivity (Wildman–Crippen MR) is 119 cm³/mol. The second kappa shape index (κ2) is 12.9. The summed E-state index contributed by atoms with van der Waals surface area (Å²) in [6, 6.07) is 10.6. The highest BCUT2D eigenvalue weighted by molar-refractivity contribution is 14.0. The summed E-state index contributed by atoms with van der Waals surface area (Å²) in [6.07, 6.45) is 2.79. The van der Waals surface area contributed by atoms with Gasteiger partial charge >= 0.3 is 0 Å². The number of aromatic nitrogens is 1. The zero-order valence-corrected chi connectivity index (χ0v) is 18.3. The number of pyridine rings is 1. The van der Waals surface area contributed by atoms with Gasteiger partial charge in [-0.1, -0.05) is 6.07 Å². The highest BCUT2D eigenvalue weighted by Gasteiger charge is 2.01. The Labute approximate surface area is 176 Å². The van der Waals surface area contributed by atoms with Gasteiger partial charge < -0.3 is 10.6 Å². The average Bonchev–Trinajstić information content (AvgIpc) is 2.62. The van der Waals surface area contributed by atoms with Gasteiger partial charge in [0.2, 0.25) is 0 Å². The number of aryl methyl sites for hydroxylation is 1. The first kappa shape index (κ1) is 22.7. The number of nitrogens with one attached hydrogen (secondary N) is 2. The van der Waals surface area contributed by atoms with Crippen molar-refractivity contribution < 1.29 is 4.39 Å². The van der Waals surface area contributed by atoms with E-state index in [0.29, 0.717) is 6.54 Å². The van der Waals surface area contributed by atoms with Gasteiger partial charge in [0.15, 0.2) is 5.96 Å². The molecule has 1 aromatic heterocycles. The lowest BCUT2D eigenvalue weighted by atomic mass is 10.2. The minimum Gasteiger partial charge on any atom is -0.357 e. The van der Waals surface area contributed by atoms with Crippen molar-refractivity contribution in [3.8, 4) is 0 Å². The molecule has 4 nitrogen and oxygen atoms in total. The normalized spacial score (nSPS) is 11.0. The molecule has 0 amide bonds. The van der Waals surface area contributed by atoms with E-state index >= 15 is 0 Å². The molecule has 0 radical (unpaired) electrons. The molecule has 0 fully saturated rings. The van der Waals surface area contributed by atoms with Crippen molar-refractivity contribution in [3.63, 3.8) is 0 Å². The number of hydrogen-bond acceptors (Lipinski definition) is 3. The van der Waals surface area contributed by atoms with Gasteiger partial charge in [-0.05, 0) is 61.9 Å². The molecule has 2 N–H and O–H groups in total. The van der Waals surface area contributed by atoms with Gasteiger partial charge in [0.1, 0.15) is 5.82 Å². The summed E-state index contributed by atoms with van der Waals surface area (Å²) in [5.41, 5.74) is 2.14. The molecule has 0 saturated heterocycles. The van der Waals surface area contributed by atoms with Crippen molar-refractivity contribution >= 4 is 41.7 Å². The second-order valence-corrected chi connectivity index (χ2v) is 6.71. The summed E-state index contributed by atoms with van der Waals surface area (Å²) in [5, 5.41) is 6.59. The Morgan fingerprint density at radius 3 is 2.65 bits per heavy atom. The monoisotopic (exact) mass is 488 g/mol. The van der Waals surface area contributed by atoms with E-state index in [9.17, 15) is 4.39 Å². The van der Waals surface area contributed by atoms with Crippen LogP contribution in [0.1, 0.15) is 24.6 Å². The van der Waals surface area contributed by atoms with E-state index in [1.54, 1.807) is 18.0 Å². The average molecular weight is 488 g/mol.